The molecular formula is C26H17F4NO3. The summed E-state index contributed by atoms with van der Waals surface area (Å²) in [5.74, 6) is -3.63. The second-order valence-electron chi connectivity index (χ2n) is 7.52. The van der Waals surface area contributed by atoms with Crippen molar-refractivity contribution in [1.82, 2.24) is 0 Å². The lowest BCUT2D eigenvalue weighted by molar-refractivity contribution is -0.137. The molecule has 4 nitrogen and oxygen atoms in total. The van der Waals surface area contributed by atoms with Crippen molar-refractivity contribution in [3.8, 4) is 0 Å². The molecule has 0 spiro atoms. The highest BCUT2D eigenvalue weighted by molar-refractivity contribution is 6.19. The summed E-state index contributed by atoms with van der Waals surface area (Å²) in [5.41, 5.74) is -1.19. The number of carbonyl (C=O) groups is 2. The highest BCUT2D eigenvalue weighted by Crippen LogP contribution is 2.43. The fourth-order valence-corrected chi connectivity index (χ4v) is 3.77. The summed E-state index contributed by atoms with van der Waals surface area (Å²) in [4.78, 5) is 26.9. The van der Waals surface area contributed by atoms with E-state index in [4.69, 9.17) is 0 Å². The van der Waals surface area contributed by atoms with Crippen LogP contribution in [0.15, 0.2) is 96.3 Å². The average Bonchev–Trinajstić information content (AvgIpc) is 3.08. The Bertz CT molecular complexity index is 1310. The van der Waals surface area contributed by atoms with Gasteiger partial charge < -0.3 is 5.11 Å². The molecule has 1 atom stereocenters. The van der Waals surface area contributed by atoms with Gasteiger partial charge in [0.1, 0.15) is 5.82 Å². The van der Waals surface area contributed by atoms with Gasteiger partial charge >= 0.3 is 6.18 Å². The Hall–Kier alpha value is -4.20. The number of allylic oxidation sites excluding steroid dienone is 1. The quantitative estimate of drug-likeness (QED) is 0.368. The summed E-state index contributed by atoms with van der Waals surface area (Å²) in [6, 6.07) is 16.4. The van der Waals surface area contributed by atoms with Crippen LogP contribution < -0.4 is 4.90 Å². The number of halogens is 4. The summed E-state index contributed by atoms with van der Waals surface area (Å²) >= 11 is 0. The molecule has 3 aromatic carbocycles. The van der Waals surface area contributed by atoms with E-state index < -0.39 is 46.6 Å². The van der Waals surface area contributed by atoms with Crippen molar-refractivity contribution >= 4 is 23.5 Å². The standard InChI is InChI=1S/C26H17F4NO3/c27-20-12-5-4-11-19(20)23-22(21(32)14-13-16-7-2-1-3-8-16)24(33)25(34)31(23)18-10-6-9-17(15-18)26(28,29)30/h1-15,23,33H/b14-13+. The number of rotatable bonds is 5. The maximum atomic E-state index is 14.8. The lowest BCUT2D eigenvalue weighted by Crippen LogP contribution is -2.31. The third-order valence-corrected chi connectivity index (χ3v) is 5.35. The first-order chi connectivity index (χ1) is 16.2. The molecule has 1 heterocycles. The van der Waals surface area contributed by atoms with E-state index in [1.807, 2.05) is 0 Å². The van der Waals surface area contributed by atoms with Gasteiger partial charge in [-0.25, -0.2) is 4.39 Å². The third-order valence-electron chi connectivity index (χ3n) is 5.35. The maximum Gasteiger partial charge on any atom is 0.416 e. The molecule has 1 aliphatic heterocycles. The number of benzene rings is 3. The Balaban J connectivity index is 1.83. The average molecular weight is 467 g/mol. The molecule has 1 amide bonds. The number of hydrogen-bond acceptors (Lipinski definition) is 3. The first-order valence-electron chi connectivity index (χ1n) is 10.1. The number of hydrogen-bond donors (Lipinski definition) is 1. The van der Waals surface area contributed by atoms with Gasteiger partial charge in [0, 0.05) is 11.3 Å². The molecule has 3 aromatic rings. The number of nitrogens with zero attached hydrogens (tertiary/aromatic N) is 1. The zero-order valence-electron chi connectivity index (χ0n) is 17.5. The van der Waals surface area contributed by atoms with Gasteiger partial charge in [0.15, 0.2) is 11.5 Å². The summed E-state index contributed by atoms with van der Waals surface area (Å²) in [5, 5.41) is 10.6. The van der Waals surface area contributed by atoms with E-state index in [1.165, 1.54) is 30.3 Å². The molecule has 1 unspecified atom stereocenters. The van der Waals surface area contributed by atoms with E-state index in [2.05, 4.69) is 0 Å². The first kappa shape index (κ1) is 23.0. The normalized spacial score (nSPS) is 16.5. The molecule has 8 heteroatoms. The predicted molar refractivity (Wildman–Crippen MR) is 118 cm³/mol. The van der Waals surface area contributed by atoms with E-state index in [0.717, 1.165) is 29.2 Å². The molecule has 0 saturated heterocycles. The topological polar surface area (TPSA) is 57.6 Å². The molecule has 172 valence electrons. The lowest BCUT2D eigenvalue weighted by atomic mass is 9.94. The Morgan fingerprint density at radius 1 is 0.941 bits per heavy atom. The van der Waals surface area contributed by atoms with Crippen LogP contribution in [0.2, 0.25) is 0 Å². The number of carbonyl (C=O) groups excluding carboxylic acids is 2. The van der Waals surface area contributed by atoms with Crippen LogP contribution in [0.5, 0.6) is 0 Å². The van der Waals surface area contributed by atoms with Gasteiger partial charge in [-0.15, -0.1) is 0 Å². The molecule has 0 bridgehead atoms. The smallest absolute Gasteiger partial charge is 0.416 e. The molecule has 0 radical (unpaired) electrons. The minimum absolute atomic E-state index is 0.145. The van der Waals surface area contributed by atoms with Crippen LogP contribution in [0.3, 0.4) is 0 Å². The van der Waals surface area contributed by atoms with Crippen molar-refractivity contribution in [2.75, 3.05) is 4.90 Å². The number of amides is 1. The molecule has 0 fully saturated rings. The second-order valence-corrected chi connectivity index (χ2v) is 7.52. The molecule has 0 saturated carbocycles. The monoisotopic (exact) mass is 467 g/mol. The highest BCUT2D eigenvalue weighted by Gasteiger charge is 2.45. The SMILES string of the molecule is O=C(/C=C/c1ccccc1)C1=C(O)C(=O)N(c2cccc(C(F)(F)F)c2)C1c1ccccc1F. The van der Waals surface area contributed by atoms with Crippen molar-refractivity contribution in [3.63, 3.8) is 0 Å². The fourth-order valence-electron chi connectivity index (χ4n) is 3.77. The zero-order valence-corrected chi connectivity index (χ0v) is 17.5. The van der Waals surface area contributed by atoms with Crippen molar-refractivity contribution in [2.45, 2.75) is 12.2 Å². The van der Waals surface area contributed by atoms with Gasteiger partial charge in [-0.3, -0.25) is 14.5 Å². The summed E-state index contributed by atoms with van der Waals surface area (Å²) in [6.45, 7) is 0. The van der Waals surface area contributed by atoms with Crippen LogP contribution in [-0.2, 0) is 15.8 Å². The van der Waals surface area contributed by atoms with Gasteiger partial charge in [-0.2, -0.15) is 13.2 Å². The van der Waals surface area contributed by atoms with Gasteiger partial charge in [0.2, 0.25) is 0 Å². The van der Waals surface area contributed by atoms with E-state index >= 15 is 0 Å². The van der Waals surface area contributed by atoms with Crippen LogP contribution in [0, 0.1) is 5.82 Å². The van der Waals surface area contributed by atoms with Gasteiger partial charge in [-0.05, 0) is 35.9 Å². The largest absolute Gasteiger partial charge is 0.503 e. The Labute approximate surface area is 192 Å². The van der Waals surface area contributed by atoms with Crippen molar-refractivity contribution in [3.05, 3.63) is 119 Å². The Morgan fingerprint density at radius 3 is 2.29 bits per heavy atom. The summed E-state index contributed by atoms with van der Waals surface area (Å²) in [7, 11) is 0. The maximum absolute atomic E-state index is 14.8. The van der Waals surface area contributed by atoms with E-state index in [-0.39, 0.29) is 11.3 Å². The first-order valence-corrected chi connectivity index (χ1v) is 10.1. The van der Waals surface area contributed by atoms with Gasteiger partial charge in [-0.1, -0.05) is 60.7 Å². The fraction of sp³-hybridized carbons (Fsp3) is 0.0769. The van der Waals surface area contributed by atoms with Crippen molar-refractivity contribution < 1.29 is 32.3 Å². The molecule has 1 aliphatic rings. The van der Waals surface area contributed by atoms with Gasteiger partial charge in [0.25, 0.3) is 5.91 Å². The van der Waals surface area contributed by atoms with E-state index in [0.29, 0.717) is 11.6 Å². The minimum atomic E-state index is -4.70. The van der Waals surface area contributed by atoms with Crippen LogP contribution in [0.1, 0.15) is 22.7 Å². The zero-order chi connectivity index (χ0) is 24.5. The van der Waals surface area contributed by atoms with E-state index in [1.54, 1.807) is 30.3 Å². The summed E-state index contributed by atoms with van der Waals surface area (Å²) in [6.07, 6.45) is -2.12. The number of anilines is 1. The predicted octanol–water partition coefficient (Wildman–Crippen LogP) is 6.03. The molecular weight excluding hydrogens is 450 g/mol. The molecule has 34 heavy (non-hydrogen) atoms. The summed E-state index contributed by atoms with van der Waals surface area (Å²) < 4.78 is 54.7. The van der Waals surface area contributed by atoms with Crippen LogP contribution in [0.25, 0.3) is 6.08 Å². The van der Waals surface area contributed by atoms with E-state index in [9.17, 15) is 32.3 Å². The number of ketones is 1. The van der Waals surface area contributed by atoms with Crippen molar-refractivity contribution in [1.29, 1.82) is 0 Å². The number of alkyl halides is 3. The molecule has 1 N–H and O–H groups in total. The van der Waals surface area contributed by atoms with Gasteiger partial charge in [0.05, 0.1) is 17.2 Å². The third kappa shape index (κ3) is 4.34. The second kappa shape index (κ2) is 8.97. The van der Waals surface area contributed by atoms with Crippen LogP contribution in [0.4, 0.5) is 23.2 Å². The molecule has 0 aliphatic carbocycles. The van der Waals surface area contributed by atoms with Crippen molar-refractivity contribution in [2.24, 2.45) is 0 Å². The molecule has 0 aromatic heterocycles. The minimum Gasteiger partial charge on any atom is -0.503 e. The molecule has 4 rings (SSSR count). The Kier molecular flexibility index (Phi) is 6.06. The number of aliphatic hydroxyl groups is 1. The number of aliphatic hydroxyl groups excluding tert-OH is 1. The lowest BCUT2D eigenvalue weighted by Gasteiger charge is -2.27. The van der Waals surface area contributed by atoms with Crippen LogP contribution in [-0.4, -0.2) is 16.8 Å². The highest BCUT2D eigenvalue weighted by atomic mass is 19.4. The Morgan fingerprint density at radius 2 is 1.62 bits per heavy atom. The van der Waals surface area contributed by atoms with Crippen LogP contribution >= 0.6 is 0 Å².